The Morgan fingerprint density at radius 1 is 1.34 bits per heavy atom. The highest BCUT2D eigenvalue weighted by molar-refractivity contribution is 6.33. The lowest BCUT2D eigenvalue weighted by atomic mass is 10.0. The van der Waals surface area contributed by atoms with Gasteiger partial charge in [0.25, 0.3) is 5.91 Å². The Morgan fingerprint density at radius 3 is 2.83 bits per heavy atom. The van der Waals surface area contributed by atoms with Crippen LogP contribution in [0.15, 0.2) is 24.4 Å². The highest BCUT2D eigenvalue weighted by atomic mass is 35.5. The van der Waals surface area contributed by atoms with Crippen LogP contribution >= 0.6 is 11.6 Å². The van der Waals surface area contributed by atoms with Crippen LogP contribution in [0.2, 0.25) is 5.02 Å². The molecule has 2 aromatic rings. The fourth-order valence-corrected chi connectivity index (χ4v) is 3.87. The number of ether oxygens (including phenoxy) is 1. The molecule has 0 bridgehead atoms. The molecule has 1 atom stereocenters. The van der Waals surface area contributed by atoms with Crippen LogP contribution in [-0.2, 0) is 16.1 Å². The fraction of sp³-hybridized carbons (Fsp3) is 0.429. The number of benzene rings is 1. The van der Waals surface area contributed by atoms with Crippen molar-refractivity contribution < 1.29 is 14.3 Å². The number of carbonyl (C=O) groups is 2. The van der Waals surface area contributed by atoms with E-state index in [1.807, 2.05) is 12.1 Å². The minimum atomic E-state index is -0.448. The zero-order valence-electron chi connectivity index (χ0n) is 16.4. The molecule has 7 nitrogen and oxygen atoms in total. The number of Topliss-reactive ketones (excluding diaryl/α,β-unsaturated/α-hetero) is 1. The first-order valence-electron chi connectivity index (χ1n) is 9.75. The van der Waals surface area contributed by atoms with E-state index in [2.05, 4.69) is 15.3 Å². The van der Waals surface area contributed by atoms with Crippen molar-refractivity contribution in [3.05, 3.63) is 40.5 Å². The molecule has 2 aliphatic heterocycles. The number of hydrogen-bond acceptors (Lipinski definition) is 6. The summed E-state index contributed by atoms with van der Waals surface area (Å²) in [5.41, 5.74) is 2.81. The smallest absolute Gasteiger partial charge is 0.255 e. The molecule has 1 aromatic carbocycles. The number of halogens is 1. The molecule has 0 unspecified atom stereocenters. The molecule has 0 radical (unpaired) electrons. The predicted octanol–water partition coefficient (Wildman–Crippen LogP) is 3.32. The second-order valence-corrected chi connectivity index (χ2v) is 7.92. The number of nitrogens with one attached hydrogen (secondary N) is 1. The van der Waals surface area contributed by atoms with Crippen molar-refractivity contribution in [2.75, 3.05) is 18.5 Å². The second kappa shape index (κ2) is 8.08. The number of aromatic nitrogens is 2. The number of hydrogen-bond donors (Lipinski definition) is 1. The summed E-state index contributed by atoms with van der Waals surface area (Å²) in [6, 6.07) is 5.42. The number of ketones is 1. The van der Waals surface area contributed by atoms with Gasteiger partial charge in [-0.05, 0) is 38.3 Å². The Morgan fingerprint density at radius 2 is 2.10 bits per heavy atom. The van der Waals surface area contributed by atoms with Crippen LogP contribution in [0, 0.1) is 0 Å². The lowest BCUT2D eigenvalue weighted by molar-refractivity contribution is -0.120. The molecule has 8 heteroatoms. The number of anilines is 1. The molecular formula is C21H23ClN4O3. The number of nitrogens with zero attached hydrogens (tertiary/aromatic N) is 3. The van der Waals surface area contributed by atoms with Crippen molar-refractivity contribution in [2.24, 2.45) is 0 Å². The van der Waals surface area contributed by atoms with Crippen LogP contribution in [0.3, 0.4) is 0 Å². The van der Waals surface area contributed by atoms with Gasteiger partial charge in [-0.3, -0.25) is 9.59 Å². The maximum atomic E-state index is 12.8. The van der Waals surface area contributed by atoms with Crippen molar-refractivity contribution in [1.29, 1.82) is 0 Å². The first-order valence-corrected chi connectivity index (χ1v) is 10.1. The normalized spacial score (nSPS) is 17.9. The minimum absolute atomic E-state index is 0.0333. The van der Waals surface area contributed by atoms with Gasteiger partial charge < -0.3 is 15.0 Å². The summed E-state index contributed by atoms with van der Waals surface area (Å²) in [6.07, 6.45) is 3.38. The average molecular weight is 415 g/mol. The lowest BCUT2D eigenvalue weighted by Gasteiger charge is -2.23. The van der Waals surface area contributed by atoms with Crippen LogP contribution in [0.1, 0.15) is 42.6 Å². The van der Waals surface area contributed by atoms with Gasteiger partial charge in [0.15, 0.2) is 5.78 Å². The van der Waals surface area contributed by atoms with Crippen LogP contribution in [0.25, 0.3) is 11.3 Å². The van der Waals surface area contributed by atoms with E-state index in [1.54, 1.807) is 24.1 Å². The van der Waals surface area contributed by atoms with Gasteiger partial charge in [-0.15, -0.1) is 0 Å². The van der Waals surface area contributed by atoms with Gasteiger partial charge in [0, 0.05) is 36.9 Å². The van der Waals surface area contributed by atoms with Gasteiger partial charge in [-0.25, -0.2) is 9.97 Å². The summed E-state index contributed by atoms with van der Waals surface area (Å²) in [5.74, 6) is 0.333. The van der Waals surface area contributed by atoms with Gasteiger partial charge in [-0.1, -0.05) is 23.7 Å². The van der Waals surface area contributed by atoms with E-state index in [1.165, 1.54) is 6.92 Å². The summed E-state index contributed by atoms with van der Waals surface area (Å²) in [7, 11) is 0. The van der Waals surface area contributed by atoms with E-state index in [-0.39, 0.29) is 17.7 Å². The number of carbonyl (C=O) groups excluding carboxylic acids is 2. The molecule has 1 aromatic heterocycles. The Balaban J connectivity index is 1.61. The predicted molar refractivity (Wildman–Crippen MR) is 110 cm³/mol. The molecule has 29 heavy (non-hydrogen) atoms. The average Bonchev–Trinajstić information content (AvgIpc) is 3.05. The highest BCUT2D eigenvalue weighted by Gasteiger charge is 2.33. The molecule has 1 saturated heterocycles. The molecule has 4 rings (SSSR count). The Hall–Kier alpha value is -2.51. The quantitative estimate of drug-likeness (QED) is 0.807. The van der Waals surface area contributed by atoms with Gasteiger partial charge in [0.2, 0.25) is 5.95 Å². The van der Waals surface area contributed by atoms with Crippen LogP contribution in [-0.4, -0.2) is 51.9 Å². The number of fused-ring (bicyclic) bond motifs is 1. The molecule has 3 heterocycles. The van der Waals surface area contributed by atoms with E-state index in [4.69, 9.17) is 16.3 Å². The van der Waals surface area contributed by atoms with Crippen LogP contribution < -0.4 is 5.32 Å². The largest absolute Gasteiger partial charge is 0.381 e. The number of amides is 1. The van der Waals surface area contributed by atoms with Crippen LogP contribution in [0.5, 0.6) is 0 Å². The first-order chi connectivity index (χ1) is 13.9. The van der Waals surface area contributed by atoms with Crippen molar-refractivity contribution in [3.63, 3.8) is 0 Å². The zero-order valence-corrected chi connectivity index (χ0v) is 17.2. The second-order valence-electron chi connectivity index (χ2n) is 7.51. The Kier molecular flexibility index (Phi) is 5.52. The molecule has 0 spiro atoms. The maximum absolute atomic E-state index is 12.8. The van der Waals surface area contributed by atoms with Crippen LogP contribution in [0.4, 0.5) is 5.95 Å². The molecule has 0 saturated carbocycles. The monoisotopic (exact) mass is 414 g/mol. The van der Waals surface area contributed by atoms with E-state index in [9.17, 15) is 9.59 Å². The third-order valence-electron chi connectivity index (χ3n) is 5.57. The maximum Gasteiger partial charge on any atom is 0.255 e. The van der Waals surface area contributed by atoms with Crippen molar-refractivity contribution in [3.8, 4) is 11.3 Å². The lowest BCUT2D eigenvalue weighted by Crippen LogP contribution is -2.37. The third kappa shape index (κ3) is 3.97. The summed E-state index contributed by atoms with van der Waals surface area (Å²) < 4.78 is 5.38. The highest BCUT2D eigenvalue weighted by Crippen LogP contribution is 2.32. The summed E-state index contributed by atoms with van der Waals surface area (Å²) >= 11 is 6.37. The standard InChI is InChI=1S/C21H23ClN4O3/c1-12(13(2)27)26-11-15-4-3-14(9-17(15)20(26)28)19-18(22)10-23-21(25-19)24-16-5-7-29-8-6-16/h3-4,9-10,12,16H,5-8,11H2,1-2H3,(H,23,24,25)/t12-/m1/s1. The topological polar surface area (TPSA) is 84.4 Å². The van der Waals surface area contributed by atoms with E-state index in [0.717, 1.165) is 37.2 Å². The van der Waals surface area contributed by atoms with Crippen molar-refractivity contribution in [1.82, 2.24) is 14.9 Å². The third-order valence-corrected chi connectivity index (χ3v) is 5.85. The summed E-state index contributed by atoms with van der Waals surface area (Å²) in [6.45, 7) is 5.13. The summed E-state index contributed by atoms with van der Waals surface area (Å²) in [4.78, 5) is 35.0. The number of rotatable bonds is 5. The SMILES string of the molecule is CC(=O)[C@@H](C)N1Cc2ccc(-c3nc(NC4CCOCC4)ncc3Cl)cc2C1=O. The van der Waals surface area contributed by atoms with Gasteiger partial charge in [0.1, 0.15) is 0 Å². The molecular weight excluding hydrogens is 392 g/mol. The van der Waals surface area contributed by atoms with E-state index in [0.29, 0.717) is 28.8 Å². The fourth-order valence-electron chi connectivity index (χ4n) is 3.67. The van der Waals surface area contributed by atoms with Crippen molar-refractivity contribution >= 4 is 29.2 Å². The molecule has 1 fully saturated rings. The molecule has 2 aliphatic rings. The Labute approximate surface area is 174 Å². The zero-order chi connectivity index (χ0) is 20.5. The Bertz CT molecular complexity index is 959. The van der Waals surface area contributed by atoms with Gasteiger partial charge >= 0.3 is 0 Å². The van der Waals surface area contributed by atoms with Gasteiger partial charge in [-0.2, -0.15) is 0 Å². The first kappa shape index (κ1) is 19.8. The molecule has 1 amide bonds. The minimum Gasteiger partial charge on any atom is -0.381 e. The molecule has 0 aliphatic carbocycles. The summed E-state index contributed by atoms with van der Waals surface area (Å²) in [5, 5.41) is 3.76. The van der Waals surface area contributed by atoms with E-state index >= 15 is 0 Å². The van der Waals surface area contributed by atoms with E-state index < -0.39 is 6.04 Å². The molecule has 152 valence electrons. The van der Waals surface area contributed by atoms with Crippen molar-refractivity contribution in [2.45, 2.75) is 45.3 Å². The van der Waals surface area contributed by atoms with Gasteiger partial charge in [0.05, 0.1) is 23.0 Å². The molecule has 1 N–H and O–H groups in total.